The summed E-state index contributed by atoms with van der Waals surface area (Å²) in [4.78, 5) is 14.0. The predicted octanol–water partition coefficient (Wildman–Crippen LogP) is 3.14. The molecule has 3 nitrogen and oxygen atoms in total. The summed E-state index contributed by atoms with van der Waals surface area (Å²) in [6.07, 6.45) is 1.90. The molecule has 1 aliphatic heterocycles. The number of carbonyl (C=O) groups is 1. The maximum atomic E-state index is 12.2. The summed E-state index contributed by atoms with van der Waals surface area (Å²) in [5.41, 5.74) is 0.272. The molecule has 1 amide bonds. The molecular formula is C13H15Cl2NO2. The monoisotopic (exact) mass is 287 g/mol. The van der Waals surface area contributed by atoms with Crippen LogP contribution >= 0.6 is 23.2 Å². The number of hydrogen-bond acceptors (Lipinski definition) is 2. The van der Waals surface area contributed by atoms with Crippen molar-refractivity contribution in [1.82, 2.24) is 4.90 Å². The van der Waals surface area contributed by atoms with Crippen LogP contribution in [0.25, 0.3) is 0 Å². The Balaban J connectivity index is 2.10. The Morgan fingerprint density at radius 2 is 2.28 bits per heavy atom. The first-order valence-corrected chi connectivity index (χ1v) is 6.87. The van der Waals surface area contributed by atoms with E-state index in [0.29, 0.717) is 29.9 Å². The normalized spacial score (nSPS) is 19.2. The third kappa shape index (κ3) is 2.90. The van der Waals surface area contributed by atoms with E-state index in [9.17, 15) is 9.90 Å². The SMILES string of the molecule is O=C(c1cc(Cl)ccc1O)N1CCC(CCCl)C1. The molecule has 0 aromatic heterocycles. The number of carbonyl (C=O) groups excluding carboxylic acids is 1. The van der Waals surface area contributed by atoms with Gasteiger partial charge < -0.3 is 10.0 Å². The number of rotatable bonds is 3. The van der Waals surface area contributed by atoms with E-state index >= 15 is 0 Å². The molecule has 2 rings (SSSR count). The highest BCUT2D eigenvalue weighted by atomic mass is 35.5. The van der Waals surface area contributed by atoms with Crippen LogP contribution in [0.4, 0.5) is 0 Å². The molecule has 1 aromatic carbocycles. The van der Waals surface area contributed by atoms with E-state index in [1.54, 1.807) is 11.0 Å². The van der Waals surface area contributed by atoms with Crippen LogP contribution in [0.15, 0.2) is 18.2 Å². The summed E-state index contributed by atoms with van der Waals surface area (Å²) in [5.74, 6) is 0.903. The number of hydrogen-bond donors (Lipinski definition) is 1. The average molecular weight is 288 g/mol. The Kier molecular flexibility index (Phi) is 4.36. The smallest absolute Gasteiger partial charge is 0.257 e. The van der Waals surface area contributed by atoms with Crippen LogP contribution in [-0.4, -0.2) is 34.9 Å². The minimum atomic E-state index is -0.160. The van der Waals surface area contributed by atoms with Crippen molar-refractivity contribution in [3.63, 3.8) is 0 Å². The number of phenolic OH excluding ortho intramolecular Hbond substituents is 1. The third-order valence-electron chi connectivity index (χ3n) is 3.28. The van der Waals surface area contributed by atoms with Crippen LogP contribution in [0, 0.1) is 5.92 Å². The van der Waals surface area contributed by atoms with Gasteiger partial charge in [0, 0.05) is 24.0 Å². The second kappa shape index (κ2) is 5.81. The Morgan fingerprint density at radius 1 is 1.50 bits per heavy atom. The number of aromatic hydroxyl groups is 1. The molecular weight excluding hydrogens is 273 g/mol. The number of benzene rings is 1. The summed E-state index contributed by atoms with van der Waals surface area (Å²) >= 11 is 11.6. The van der Waals surface area contributed by atoms with E-state index in [1.807, 2.05) is 0 Å². The lowest BCUT2D eigenvalue weighted by Crippen LogP contribution is -2.28. The van der Waals surface area contributed by atoms with Crippen LogP contribution in [0.1, 0.15) is 23.2 Å². The minimum absolute atomic E-state index is 0.0230. The van der Waals surface area contributed by atoms with Crippen molar-refractivity contribution >= 4 is 29.1 Å². The lowest BCUT2D eigenvalue weighted by molar-refractivity contribution is 0.0784. The lowest BCUT2D eigenvalue weighted by atomic mass is 10.1. The number of likely N-dealkylation sites (tertiary alicyclic amines) is 1. The molecule has 18 heavy (non-hydrogen) atoms. The average Bonchev–Trinajstić information content (AvgIpc) is 2.80. The van der Waals surface area contributed by atoms with Gasteiger partial charge in [0.05, 0.1) is 5.56 Å². The van der Waals surface area contributed by atoms with Crippen molar-refractivity contribution in [3.8, 4) is 5.75 Å². The second-order valence-corrected chi connectivity index (χ2v) is 5.36. The summed E-state index contributed by atoms with van der Waals surface area (Å²) in [7, 11) is 0. The first-order chi connectivity index (χ1) is 8.61. The summed E-state index contributed by atoms with van der Waals surface area (Å²) in [5, 5.41) is 10.2. The molecule has 0 saturated carbocycles. The zero-order chi connectivity index (χ0) is 13.1. The zero-order valence-corrected chi connectivity index (χ0v) is 11.4. The highest BCUT2D eigenvalue weighted by molar-refractivity contribution is 6.31. The highest BCUT2D eigenvalue weighted by Crippen LogP contribution is 2.26. The fourth-order valence-corrected chi connectivity index (χ4v) is 2.74. The molecule has 1 saturated heterocycles. The van der Waals surface area contributed by atoms with E-state index in [1.165, 1.54) is 12.1 Å². The Bertz CT molecular complexity index is 451. The molecule has 1 unspecified atom stereocenters. The number of nitrogens with zero attached hydrogens (tertiary/aromatic N) is 1. The molecule has 1 fully saturated rings. The van der Waals surface area contributed by atoms with Crippen molar-refractivity contribution in [2.24, 2.45) is 5.92 Å². The van der Waals surface area contributed by atoms with Gasteiger partial charge in [-0.3, -0.25) is 4.79 Å². The first kappa shape index (κ1) is 13.5. The topological polar surface area (TPSA) is 40.5 Å². The van der Waals surface area contributed by atoms with Gasteiger partial charge in [-0.15, -0.1) is 11.6 Å². The van der Waals surface area contributed by atoms with Crippen LogP contribution < -0.4 is 0 Å². The van der Waals surface area contributed by atoms with Crippen molar-refractivity contribution in [2.45, 2.75) is 12.8 Å². The number of phenols is 1. The minimum Gasteiger partial charge on any atom is -0.507 e. The predicted molar refractivity (Wildman–Crippen MR) is 72.5 cm³/mol. The van der Waals surface area contributed by atoms with E-state index in [0.717, 1.165) is 12.8 Å². The Morgan fingerprint density at radius 3 is 3.00 bits per heavy atom. The molecule has 1 heterocycles. The molecule has 0 aliphatic carbocycles. The molecule has 1 N–H and O–H groups in total. The second-order valence-electron chi connectivity index (χ2n) is 4.54. The van der Waals surface area contributed by atoms with Crippen LogP contribution in [0.2, 0.25) is 5.02 Å². The molecule has 0 spiro atoms. The maximum absolute atomic E-state index is 12.2. The quantitative estimate of drug-likeness (QED) is 0.868. The summed E-state index contributed by atoms with van der Waals surface area (Å²) in [6, 6.07) is 4.52. The van der Waals surface area contributed by atoms with E-state index in [-0.39, 0.29) is 17.2 Å². The molecule has 0 radical (unpaired) electrons. The number of halogens is 2. The lowest BCUT2D eigenvalue weighted by Gasteiger charge is -2.17. The number of alkyl halides is 1. The third-order valence-corrected chi connectivity index (χ3v) is 3.73. The summed E-state index contributed by atoms with van der Waals surface area (Å²) in [6.45, 7) is 1.42. The van der Waals surface area contributed by atoms with Crippen molar-refractivity contribution in [3.05, 3.63) is 28.8 Å². The van der Waals surface area contributed by atoms with Gasteiger partial charge >= 0.3 is 0 Å². The van der Waals surface area contributed by atoms with Gasteiger partial charge in [-0.1, -0.05) is 11.6 Å². The molecule has 1 atom stereocenters. The van der Waals surface area contributed by atoms with Gasteiger partial charge in [0.1, 0.15) is 5.75 Å². The van der Waals surface area contributed by atoms with Gasteiger partial charge in [0.15, 0.2) is 0 Å². The van der Waals surface area contributed by atoms with Crippen molar-refractivity contribution in [2.75, 3.05) is 19.0 Å². The fraction of sp³-hybridized carbons (Fsp3) is 0.462. The van der Waals surface area contributed by atoms with E-state index in [2.05, 4.69) is 0 Å². The summed E-state index contributed by atoms with van der Waals surface area (Å²) < 4.78 is 0. The molecule has 0 bridgehead atoms. The maximum Gasteiger partial charge on any atom is 0.257 e. The highest BCUT2D eigenvalue weighted by Gasteiger charge is 2.27. The van der Waals surface area contributed by atoms with Gasteiger partial charge in [-0.05, 0) is 37.0 Å². The van der Waals surface area contributed by atoms with Gasteiger partial charge in [-0.25, -0.2) is 0 Å². The van der Waals surface area contributed by atoms with Crippen LogP contribution in [0.3, 0.4) is 0 Å². The van der Waals surface area contributed by atoms with Gasteiger partial charge in [-0.2, -0.15) is 0 Å². The van der Waals surface area contributed by atoms with Gasteiger partial charge in [0.25, 0.3) is 5.91 Å². The molecule has 1 aromatic rings. The van der Waals surface area contributed by atoms with Gasteiger partial charge in [0.2, 0.25) is 0 Å². The van der Waals surface area contributed by atoms with Crippen LogP contribution in [0.5, 0.6) is 5.75 Å². The Labute approximate surface area is 116 Å². The largest absolute Gasteiger partial charge is 0.507 e. The van der Waals surface area contributed by atoms with Crippen LogP contribution in [-0.2, 0) is 0 Å². The van der Waals surface area contributed by atoms with E-state index < -0.39 is 0 Å². The van der Waals surface area contributed by atoms with Crippen molar-refractivity contribution in [1.29, 1.82) is 0 Å². The fourth-order valence-electron chi connectivity index (χ4n) is 2.26. The van der Waals surface area contributed by atoms with E-state index in [4.69, 9.17) is 23.2 Å². The molecule has 5 heteroatoms. The zero-order valence-electron chi connectivity index (χ0n) is 9.90. The Hall–Kier alpha value is -0.930. The first-order valence-electron chi connectivity index (χ1n) is 5.95. The van der Waals surface area contributed by atoms with Crippen molar-refractivity contribution < 1.29 is 9.90 Å². The molecule has 1 aliphatic rings. The standard InChI is InChI=1S/C13H15Cl2NO2/c14-5-3-9-4-6-16(8-9)13(18)11-7-10(15)1-2-12(11)17/h1-2,7,9,17H,3-6,8H2. The number of amides is 1. The molecule has 98 valence electrons.